The number of morpholine rings is 1. The van der Waals surface area contributed by atoms with Gasteiger partial charge in [0.25, 0.3) is 0 Å². The highest BCUT2D eigenvalue weighted by atomic mass is 32.2. The number of aryl methyl sites for hydroxylation is 1. The minimum atomic E-state index is -3.57. The van der Waals surface area contributed by atoms with Crippen LogP contribution in [0.3, 0.4) is 0 Å². The number of fused-ring (bicyclic) bond motifs is 1. The number of nitrogens with zero attached hydrogens (tertiary/aromatic N) is 4. The number of sulfonamides is 1. The maximum atomic E-state index is 14.3. The smallest absolute Gasteiger partial charge is 0.238 e. The Labute approximate surface area is 179 Å². The molecule has 2 aromatic heterocycles. The van der Waals surface area contributed by atoms with Crippen molar-refractivity contribution in [3.63, 3.8) is 0 Å². The number of methoxy groups -OCH3 is 1. The van der Waals surface area contributed by atoms with Crippen LogP contribution in [0.1, 0.15) is 5.56 Å². The first-order valence-electron chi connectivity index (χ1n) is 9.58. The van der Waals surface area contributed by atoms with Crippen molar-refractivity contribution in [1.29, 1.82) is 0 Å². The van der Waals surface area contributed by atoms with Crippen molar-refractivity contribution in [3.8, 4) is 17.1 Å². The molecular weight excluding hydrogens is 425 g/mol. The molecule has 1 fully saturated rings. The molecule has 0 aliphatic carbocycles. The zero-order chi connectivity index (χ0) is 22.2. The molecule has 0 bridgehead atoms. The number of anilines is 2. The second-order valence-corrected chi connectivity index (χ2v) is 8.99. The maximum absolute atomic E-state index is 14.3. The Kier molecular flexibility index (Phi) is 5.63. The van der Waals surface area contributed by atoms with Crippen LogP contribution in [-0.4, -0.2) is 63.0 Å². The first-order chi connectivity index (χ1) is 14.7. The Bertz CT molecular complexity index is 1250. The van der Waals surface area contributed by atoms with Gasteiger partial charge < -0.3 is 14.4 Å². The third-order valence-electron chi connectivity index (χ3n) is 4.85. The van der Waals surface area contributed by atoms with E-state index in [-0.39, 0.29) is 11.6 Å². The molecule has 1 saturated heterocycles. The first kappa shape index (κ1) is 21.2. The van der Waals surface area contributed by atoms with Crippen LogP contribution in [0.5, 0.6) is 5.88 Å². The van der Waals surface area contributed by atoms with Gasteiger partial charge in [0.15, 0.2) is 0 Å². The molecule has 1 aliphatic rings. The number of rotatable bonds is 5. The Balaban J connectivity index is 1.94. The Morgan fingerprint density at radius 2 is 1.94 bits per heavy atom. The molecule has 0 saturated carbocycles. The highest BCUT2D eigenvalue weighted by Crippen LogP contribution is 2.34. The largest absolute Gasteiger partial charge is 0.480 e. The van der Waals surface area contributed by atoms with Crippen LogP contribution < -0.4 is 14.4 Å². The Hall–Kier alpha value is -3.05. The van der Waals surface area contributed by atoms with Crippen molar-refractivity contribution in [1.82, 2.24) is 15.0 Å². The standard InChI is InChI=1S/C20H22FN5O4S/c1-12-8-14(21)10-15-17(12)23-20(26-4-6-30-7-5-26)24-18(15)13-9-16(25-31(3,27)28)19(29-2)22-11-13/h8-11,25H,4-7H2,1-3H3. The lowest BCUT2D eigenvalue weighted by Crippen LogP contribution is -2.37. The van der Waals surface area contributed by atoms with Crippen LogP contribution in [0, 0.1) is 12.7 Å². The van der Waals surface area contributed by atoms with Gasteiger partial charge in [-0.3, -0.25) is 4.72 Å². The number of halogens is 1. The van der Waals surface area contributed by atoms with E-state index in [0.717, 1.165) is 6.26 Å². The molecule has 4 rings (SSSR count). The molecule has 3 heterocycles. The number of ether oxygens (including phenoxy) is 2. The summed E-state index contributed by atoms with van der Waals surface area (Å²) >= 11 is 0. The summed E-state index contributed by atoms with van der Waals surface area (Å²) in [6.07, 6.45) is 2.55. The summed E-state index contributed by atoms with van der Waals surface area (Å²) in [4.78, 5) is 15.6. The lowest BCUT2D eigenvalue weighted by Gasteiger charge is -2.27. The summed E-state index contributed by atoms with van der Waals surface area (Å²) in [6, 6.07) is 4.36. The molecule has 0 amide bonds. The van der Waals surface area contributed by atoms with Crippen molar-refractivity contribution < 1.29 is 22.3 Å². The van der Waals surface area contributed by atoms with E-state index in [2.05, 4.69) is 14.7 Å². The van der Waals surface area contributed by atoms with E-state index in [1.807, 2.05) is 4.90 Å². The van der Waals surface area contributed by atoms with E-state index in [4.69, 9.17) is 14.5 Å². The van der Waals surface area contributed by atoms with E-state index >= 15 is 0 Å². The van der Waals surface area contributed by atoms with Crippen LogP contribution in [0.15, 0.2) is 24.4 Å². The van der Waals surface area contributed by atoms with Gasteiger partial charge in [0.1, 0.15) is 11.5 Å². The van der Waals surface area contributed by atoms with Gasteiger partial charge in [-0.05, 0) is 30.7 Å². The van der Waals surface area contributed by atoms with Crippen molar-refractivity contribution in [3.05, 3.63) is 35.8 Å². The number of hydrogen-bond acceptors (Lipinski definition) is 8. The van der Waals surface area contributed by atoms with E-state index in [1.54, 1.807) is 13.0 Å². The van der Waals surface area contributed by atoms with Crippen molar-refractivity contribution in [2.24, 2.45) is 0 Å². The van der Waals surface area contributed by atoms with Gasteiger partial charge in [-0.25, -0.2) is 27.8 Å². The van der Waals surface area contributed by atoms with Crippen LogP contribution in [-0.2, 0) is 14.8 Å². The predicted molar refractivity (Wildman–Crippen MR) is 116 cm³/mol. The zero-order valence-corrected chi connectivity index (χ0v) is 18.2. The molecule has 0 spiro atoms. The fourth-order valence-corrected chi connectivity index (χ4v) is 4.04. The molecule has 0 unspecified atom stereocenters. The average Bonchev–Trinajstić information content (AvgIpc) is 2.72. The molecule has 164 valence electrons. The van der Waals surface area contributed by atoms with Gasteiger partial charge >= 0.3 is 0 Å². The Morgan fingerprint density at radius 3 is 2.61 bits per heavy atom. The van der Waals surface area contributed by atoms with E-state index < -0.39 is 15.8 Å². The number of nitrogens with one attached hydrogen (secondary N) is 1. The summed E-state index contributed by atoms with van der Waals surface area (Å²) in [5.74, 6) is 0.196. The van der Waals surface area contributed by atoms with Gasteiger partial charge in [-0.15, -0.1) is 0 Å². The SMILES string of the molecule is COc1ncc(-c2nc(N3CCOCC3)nc3c(C)cc(F)cc23)cc1NS(C)(=O)=O. The van der Waals surface area contributed by atoms with Gasteiger partial charge in [-0.1, -0.05) is 0 Å². The summed E-state index contributed by atoms with van der Waals surface area (Å²) in [5, 5.41) is 0.506. The number of benzene rings is 1. The lowest BCUT2D eigenvalue weighted by molar-refractivity contribution is 0.122. The second-order valence-electron chi connectivity index (χ2n) is 7.25. The summed E-state index contributed by atoms with van der Waals surface area (Å²) in [6.45, 7) is 4.17. The summed E-state index contributed by atoms with van der Waals surface area (Å²) in [5.41, 5.74) is 2.39. The summed E-state index contributed by atoms with van der Waals surface area (Å²) < 4.78 is 50.8. The molecule has 11 heteroatoms. The van der Waals surface area contributed by atoms with Crippen LogP contribution >= 0.6 is 0 Å². The lowest BCUT2D eigenvalue weighted by atomic mass is 10.0. The highest BCUT2D eigenvalue weighted by molar-refractivity contribution is 7.92. The maximum Gasteiger partial charge on any atom is 0.238 e. The van der Waals surface area contributed by atoms with Crippen molar-refractivity contribution in [2.75, 3.05) is 49.3 Å². The van der Waals surface area contributed by atoms with Crippen LogP contribution in [0.2, 0.25) is 0 Å². The van der Waals surface area contributed by atoms with Gasteiger partial charge in [0, 0.05) is 30.2 Å². The first-order valence-corrected chi connectivity index (χ1v) is 11.5. The molecule has 0 atom stereocenters. The third kappa shape index (κ3) is 4.52. The van der Waals surface area contributed by atoms with Crippen LogP contribution in [0.4, 0.5) is 16.0 Å². The molecule has 31 heavy (non-hydrogen) atoms. The number of aromatic nitrogens is 3. The van der Waals surface area contributed by atoms with E-state index in [0.29, 0.717) is 60.0 Å². The van der Waals surface area contributed by atoms with Gasteiger partial charge in [0.05, 0.1) is 37.8 Å². The van der Waals surface area contributed by atoms with Crippen molar-refractivity contribution >= 4 is 32.6 Å². The fraction of sp³-hybridized carbons (Fsp3) is 0.350. The minimum absolute atomic E-state index is 0.114. The summed E-state index contributed by atoms with van der Waals surface area (Å²) in [7, 11) is -2.18. The predicted octanol–water partition coefficient (Wildman–Crippen LogP) is 2.36. The highest BCUT2D eigenvalue weighted by Gasteiger charge is 2.20. The van der Waals surface area contributed by atoms with Gasteiger partial charge in [-0.2, -0.15) is 0 Å². The zero-order valence-electron chi connectivity index (χ0n) is 17.3. The Morgan fingerprint density at radius 1 is 1.19 bits per heavy atom. The van der Waals surface area contributed by atoms with E-state index in [9.17, 15) is 12.8 Å². The minimum Gasteiger partial charge on any atom is -0.480 e. The molecule has 1 aliphatic heterocycles. The van der Waals surface area contributed by atoms with Crippen LogP contribution in [0.25, 0.3) is 22.2 Å². The molecule has 1 aromatic carbocycles. The molecule has 9 nitrogen and oxygen atoms in total. The number of hydrogen-bond donors (Lipinski definition) is 1. The molecule has 1 N–H and O–H groups in total. The van der Waals surface area contributed by atoms with Gasteiger partial charge in [0.2, 0.25) is 21.9 Å². The fourth-order valence-electron chi connectivity index (χ4n) is 3.49. The monoisotopic (exact) mass is 447 g/mol. The second kappa shape index (κ2) is 8.23. The molecule has 0 radical (unpaired) electrons. The topological polar surface area (TPSA) is 107 Å². The molecule has 3 aromatic rings. The molecular formula is C20H22FN5O4S. The van der Waals surface area contributed by atoms with Crippen molar-refractivity contribution in [2.45, 2.75) is 6.92 Å². The third-order valence-corrected chi connectivity index (χ3v) is 5.44. The normalized spacial score (nSPS) is 14.6. The van der Waals surface area contributed by atoms with E-state index in [1.165, 1.54) is 25.4 Å². The average molecular weight is 447 g/mol. The number of pyridine rings is 1. The quantitative estimate of drug-likeness (QED) is 0.635.